The van der Waals surface area contributed by atoms with Gasteiger partial charge in [0.2, 0.25) is 11.8 Å². The summed E-state index contributed by atoms with van der Waals surface area (Å²) in [4.78, 5) is 27.0. The highest BCUT2D eigenvalue weighted by Crippen LogP contribution is 2.26. The third-order valence-electron chi connectivity index (χ3n) is 6.59. The normalized spacial score (nSPS) is 15.4. The zero-order valence-corrected chi connectivity index (χ0v) is 19.4. The molecule has 9 nitrogen and oxygen atoms in total. The fraction of sp³-hybridized carbons (Fsp3) is 0.308. The molecule has 3 aromatic heterocycles. The molecule has 0 saturated heterocycles. The van der Waals surface area contributed by atoms with E-state index in [2.05, 4.69) is 34.3 Å². The molecule has 0 spiro atoms. The first-order valence-electron chi connectivity index (χ1n) is 12.0. The quantitative estimate of drug-likeness (QED) is 0.400. The summed E-state index contributed by atoms with van der Waals surface area (Å²) in [6.07, 6.45) is 7.71. The zero-order chi connectivity index (χ0) is 23.8. The van der Waals surface area contributed by atoms with Crippen LogP contribution >= 0.6 is 0 Å². The molecule has 1 aliphatic heterocycles. The van der Waals surface area contributed by atoms with Gasteiger partial charge in [-0.25, -0.2) is 14.3 Å². The van der Waals surface area contributed by atoms with Crippen molar-refractivity contribution >= 4 is 22.7 Å². The van der Waals surface area contributed by atoms with Gasteiger partial charge in [0.15, 0.2) is 11.5 Å². The Kier molecular flexibility index (Phi) is 5.54. The van der Waals surface area contributed by atoms with E-state index in [1.807, 2.05) is 24.3 Å². The predicted octanol–water partition coefficient (Wildman–Crippen LogP) is 3.48. The number of ether oxygens (including phenoxy) is 1. The molecule has 9 heteroatoms. The van der Waals surface area contributed by atoms with Crippen LogP contribution in [0.3, 0.4) is 0 Å². The lowest BCUT2D eigenvalue weighted by Gasteiger charge is -2.25. The van der Waals surface area contributed by atoms with Crippen molar-refractivity contribution < 1.29 is 4.74 Å². The Bertz CT molecular complexity index is 1470. The lowest BCUT2D eigenvalue weighted by Crippen LogP contribution is -2.25. The molecule has 178 valence electrons. The van der Waals surface area contributed by atoms with Gasteiger partial charge < -0.3 is 15.4 Å². The summed E-state index contributed by atoms with van der Waals surface area (Å²) >= 11 is 0. The molecule has 1 saturated carbocycles. The molecule has 0 radical (unpaired) electrons. The van der Waals surface area contributed by atoms with Crippen molar-refractivity contribution in [3.05, 3.63) is 76.7 Å². The average Bonchev–Trinajstić information content (AvgIpc) is 3.12. The number of benzene rings is 1. The van der Waals surface area contributed by atoms with Gasteiger partial charge in [0.05, 0.1) is 6.54 Å². The number of anilines is 2. The predicted molar refractivity (Wildman–Crippen MR) is 135 cm³/mol. The molecule has 0 atom stereocenters. The molecule has 35 heavy (non-hydrogen) atoms. The Morgan fingerprint density at radius 2 is 2.11 bits per heavy atom. The molecule has 4 aromatic rings. The zero-order valence-electron chi connectivity index (χ0n) is 19.4. The van der Waals surface area contributed by atoms with Gasteiger partial charge in [-0.1, -0.05) is 18.2 Å². The molecule has 2 N–H and O–H groups in total. The number of nitrogens with one attached hydrogen (secondary N) is 2. The van der Waals surface area contributed by atoms with Crippen molar-refractivity contribution in [2.24, 2.45) is 0 Å². The second-order valence-corrected chi connectivity index (χ2v) is 8.96. The van der Waals surface area contributed by atoms with Crippen molar-refractivity contribution in [2.45, 2.75) is 44.9 Å². The van der Waals surface area contributed by atoms with Crippen molar-refractivity contribution in [1.82, 2.24) is 29.6 Å². The van der Waals surface area contributed by atoms with Crippen LogP contribution in [0.2, 0.25) is 0 Å². The molecule has 1 fully saturated rings. The Morgan fingerprint density at radius 3 is 2.94 bits per heavy atom. The Morgan fingerprint density at radius 1 is 1.20 bits per heavy atom. The number of pyridine rings is 1. The number of hydrogen-bond acceptors (Lipinski definition) is 7. The highest BCUT2D eigenvalue weighted by Gasteiger charge is 2.21. The van der Waals surface area contributed by atoms with E-state index in [0.29, 0.717) is 35.2 Å². The van der Waals surface area contributed by atoms with Gasteiger partial charge in [-0.05, 0) is 61.6 Å². The number of hydrogen-bond donors (Lipinski definition) is 2. The van der Waals surface area contributed by atoms with Crippen LogP contribution < -0.4 is 20.9 Å². The van der Waals surface area contributed by atoms with Gasteiger partial charge in [-0.2, -0.15) is 9.97 Å². The van der Waals surface area contributed by atoms with E-state index < -0.39 is 0 Å². The Hall–Kier alpha value is -3.98. The molecule has 0 amide bonds. The van der Waals surface area contributed by atoms with Gasteiger partial charge in [0.25, 0.3) is 5.56 Å². The molecule has 1 aromatic carbocycles. The molecular weight excluding hydrogens is 442 g/mol. The Labute approximate surface area is 202 Å². The largest absolute Gasteiger partial charge is 0.474 e. The maximum absolute atomic E-state index is 13.2. The third-order valence-corrected chi connectivity index (χ3v) is 6.59. The van der Waals surface area contributed by atoms with E-state index in [1.54, 1.807) is 21.6 Å². The molecule has 1 aliphatic carbocycles. The van der Waals surface area contributed by atoms with E-state index >= 15 is 0 Å². The first kappa shape index (κ1) is 21.5. The van der Waals surface area contributed by atoms with Crippen molar-refractivity contribution in [3.8, 4) is 11.7 Å². The summed E-state index contributed by atoms with van der Waals surface area (Å²) in [6, 6.07) is 11.9. The maximum atomic E-state index is 13.2. The van der Waals surface area contributed by atoms with E-state index in [0.717, 1.165) is 38.0 Å². The summed E-state index contributed by atoms with van der Waals surface area (Å²) in [7, 11) is 0. The molecule has 0 unspecified atom stereocenters. The third kappa shape index (κ3) is 4.08. The van der Waals surface area contributed by atoms with E-state index in [-0.39, 0.29) is 11.7 Å². The first-order chi connectivity index (χ1) is 17.2. The van der Waals surface area contributed by atoms with Gasteiger partial charge in [0.1, 0.15) is 11.5 Å². The fourth-order valence-electron chi connectivity index (χ4n) is 4.54. The second kappa shape index (κ2) is 8.99. The van der Waals surface area contributed by atoms with Crippen LogP contribution in [0.15, 0.2) is 60.0 Å². The van der Waals surface area contributed by atoms with E-state index in [1.165, 1.54) is 17.5 Å². The molecule has 6 rings (SSSR count). The lowest BCUT2D eigenvalue weighted by molar-refractivity contribution is 0.114. The van der Waals surface area contributed by atoms with Crippen LogP contribution in [0.5, 0.6) is 5.88 Å². The van der Waals surface area contributed by atoms with E-state index in [4.69, 9.17) is 14.7 Å². The highest BCUT2D eigenvalue weighted by molar-refractivity contribution is 5.77. The van der Waals surface area contributed by atoms with Crippen LogP contribution in [0.4, 0.5) is 11.6 Å². The van der Waals surface area contributed by atoms with Crippen molar-refractivity contribution in [1.29, 1.82) is 0 Å². The number of nitrogens with zero attached hydrogens (tertiary/aromatic N) is 5. The maximum Gasteiger partial charge on any atom is 0.278 e. The lowest BCUT2D eigenvalue weighted by atomic mass is 9.96. The SMILES string of the molecule is C=CCn1c(=O)c2cnc(Nc3ccc4c(c3)CCNC4)nc2n1-c1cccc(OC2CCC2)n1. The van der Waals surface area contributed by atoms with Crippen LogP contribution in [-0.2, 0) is 19.5 Å². The number of aromatic nitrogens is 5. The summed E-state index contributed by atoms with van der Waals surface area (Å²) in [6.45, 7) is 5.98. The minimum Gasteiger partial charge on any atom is -0.474 e. The monoisotopic (exact) mass is 469 g/mol. The van der Waals surface area contributed by atoms with Gasteiger partial charge in [-0.3, -0.25) is 4.79 Å². The smallest absolute Gasteiger partial charge is 0.278 e. The first-order valence-corrected chi connectivity index (χ1v) is 12.0. The summed E-state index contributed by atoms with van der Waals surface area (Å²) in [5.41, 5.74) is 3.82. The van der Waals surface area contributed by atoms with Crippen LogP contribution in [0.1, 0.15) is 30.4 Å². The second-order valence-electron chi connectivity index (χ2n) is 8.96. The topological polar surface area (TPSA) is 98.9 Å². The summed E-state index contributed by atoms with van der Waals surface area (Å²) < 4.78 is 9.29. The summed E-state index contributed by atoms with van der Waals surface area (Å²) in [5.74, 6) is 1.52. The van der Waals surface area contributed by atoms with Crippen LogP contribution in [0.25, 0.3) is 16.9 Å². The number of fused-ring (bicyclic) bond motifs is 2. The highest BCUT2D eigenvalue weighted by atomic mass is 16.5. The van der Waals surface area contributed by atoms with Gasteiger partial charge >= 0.3 is 0 Å². The fourth-order valence-corrected chi connectivity index (χ4v) is 4.54. The van der Waals surface area contributed by atoms with Crippen LogP contribution in [0, 0.1) is 0 Å². The van der Waals surface area contributed by atoms with Crippen molar-refractivity contribution in [3.63, 3.8) is 0 Å². The minimum absolute atomic E-state index is 0.195. The number of rotatable bonds is 7. The average molecular weight is 470 g/mol. The Balaban J connectivity index is 1.40. The van der Waals surface area contributed by atoms with Gasteiger partial charge in [0, 0.05) is 24.5 Å². The van der Waals surface area contributed by atoms with E-state index in [9.17, 15) is 4.79 Å². The molecular formula is C26H27N7O2. The summed E-state index contributed by atoms with van der Waals surface area (Å²) in [5, 5.41) is 7.11. The minimum atomic E-state index is -0.195. The molecule has 2 aliphatic rings. The molecule has 4 heterocycles. The number of allylic oxidation sites excluding steroid dienone is 1. The van der Waals surface area contributed by atoms with Crippen LogP contribution in [-0.4, -0.2) is 37.0 Å². The van der Waals surface area contributed by atoms with Gasteiger partial charge in [-0.15, -0.1) is 6.58 Å². The standard InChI is InChI=1S/C26H27N7O2/c1-2-13-32-25(34)21-16-28-26(29-19-10-9-18-15-27-12-11-17(18)14-19)31-24(21)33(32)22-7-4-8-23(30-22)35-20-5-3-6-20/h2,4,7-10,14,16,20,27H,1,3,5-6,11-13,15H2,(H,28,29,31). The van der Waals surface area contributed by atoms with Crippen molar-refractivity contribution in [2.75, 3.05) is 11.9 Å². The molecule has 0 bridgehead atoms.